The molecule has 1 saturated heterocycles. The standard InChI is InChI=1S/C26H28ClN5O/c1-16-6-4-5-7-21(16)18(3)24-22(27)15-29-26(31-24)30-20-10-12-32(13-11-20)25(33)19-8-9-23(28)17(2)14-19/h4-9,14-15,20H,3,10-13,28H2,1-2H3,(H,29,30,31). The van der Waals surface area contributed by atoms with Gasteiger partial charge in [0.15, 0.2) is 0 Å². The van der Waals surface area contributed by atoms with Gasteiger partial charge in [0.05, 0.1) is 16.9 Å². The fourth-order valence-corrected chi connectivity index (χ4v) is 4.29. The van der Waals surface area contributed by atoms with Gasteiger partial charge in [-0.2, -0.15) is 0 Å². The first-order chi connectivity index (χ1) is 15.8. The minimum atomic E-state index is 0.0381. The number of benzene rings is 2. The van der Waals surface area contributed by atoms with Crippen molar-refractivity contribution in [2.24, 2.45) is 0 Å². The molecule has 1 aliphatic heterocycles. The molecule has 1 amide bonds. The molecule has 170 valence electrons. The molecule has 1 fully saturated rings. The lowest BCUT2D eigenvalue weighted by atomic mass is 9.99. The number of nitrogens with two attached hydrogens (primary N) is 1. The minimum Gasteiger partial charge on any atom is -0.399 e. The molecule has 0 atom stereocenters. The molecule has 2 heterocycles. The second kappa shape index (κ2) is 9.63. The second-order valence-electron chi connectivity index (χ2n) is 8.47. The van der Waals surface area contributed by atoms with E-state index in [1.807, 2.05) is 49.1 Å². The van der Waals surface area contributed by atoms with Crippen LogP contribution in [0.15, 0.2) is 55.2 Å². The topological polar surface area (TPSA) is 84.1 Å². The summed E-state index contributed by atoms with van der Waals surface area (Å²) in [6.45, 7) is 9.50. The number of aryl methyl sites for hydroxylation is 2. The Morgan fingerprint density at radius 3 is 2.58 bits per heavy atom. The lowest BCUT2D eigenvalue weighted by Crippen LogP contribution is -2.42. The number of hydrogen-bond donors (Lipinski definition) is 2. The zero-order valence-electron chi connectivity index (χ0n) is 18.9. The van der Waals surface area contributed by atoms with Gasteiger partial charge in [-0.15, -0.1) is 0 Å². The predicted molar refractivity (Wildman–Crippen MR) is 134 cm³/mol. The van der Waals surface area contributed by atoms with Gasteiger partial charge < -0.3 is 16.0 Å². The van der Waals surface area contributed by atoms with Crippen LogP contribution in [0, 0.1) is 13.8 Å². The summed E-state index contributed by atoms with van der Waals surface area (Å²) in [7, 11) is 0. The lowest BCUT2D eigenvalue weighted by Gasteiger charge is -2.32. The van der Waals surface area contributed by atoms with Crippen LogP contribution in [0.1, 0.15) is 45.6 Å². The van der Waals surface area contributed by atoms with Crippen LogP contribution in [-0.2, 0) is 0 Å². The zero-order chi connectivity index (χ0) is 23.5. The molecule has 0 unspecified atom stereocenters. The molecular weight excluding hydrogens is 434 g/mol. The third-order valence-electron chi connectivity index (χ3n) is 6.13. The number of nitrogen functional groups attached to an aromatic ring is 1. The third kappa shape index (κ3) is 5.01. The summed E-state index contributed by atoms with van der Waals surface area (Å²) in [6.07, 6.45) is 3.22. The van der Waals surface area contributed by atoms with Crippen LogP contribution in [0.2, 0.25) is 5.02 Å². The van der Waals surface area contributed by atoms with E-state index in [9.17, 15) is 4.79 Å². The average Bonchev–Trinajstić information content (AvgIpc) is 2.82. The van der Waals surface area contributed by atoms with E-state index in [0.717, 1.165) is 35.1 Å². The number of carbonyl (C=O) groups is 1. The average molecular weight is 462 g/mol. The maximum atomic E-state index is 12.9. The van der Waals surface area contributed by atoms with Gasteiger partial charge in [-0.25, -0.2) is 9.97 Å². The van der Waals surface area contributed by atoms with Gasteiger partial charge in [0.25, 0.3) is 5.91 Å². The largest absolute Gasteiger partial charge is 0.399 e. The molecule has 0 radical (unpaired) electrons. The summed E-state index contributed by atoms with van der Waals surface area (Å²) < 4.78 is 0. The van der Waals surface area contributed by atoms with Crippen molar-refractivity contribution in [3.05, 3.63) is 88.2 Å². The highest BCUT2D eigenvalue weighted by molar-refractivity contribution is 6.32. The van der Waals surface area contributed by atoms with Crippen molar-refractivity contribution in [3.8, 4) is 0 Å². The number of anilines is 2. The first-order valence-corrected chi connectivity index (χ1v) is 11.4. The molecule has 2 aromatic carbocycles. The van der Waals surface area contributed by atoms with Crippen LogP contribution in [0.3, 0.4) is 0 Å². The SMILES string of the molecule is C=C(c1ccccc1C)c1nc(NC2CCN(C(=O)c3ccc(N)c(C)c3)CC2)ncc1Cl. The van der Waals surface area contributed by atoms with Crippen LogP contribution < -0.4 is 11.1 Å². The van der Waals surface area contributed by atoms with Gasteiger partial charge in [0.1, 0.15) is 0 Å². The van der Waals surface area contributed by atoms with Crippen LogP contribution in [0.5, 0.6) is 0 Å². The normalized spacial score (nSPS) is 14.2. The van der Waals surface area contributed by atoms with Crippen molar-refractivity contribution in [3.63, 3.8) is 0 Å². The van der Waals surface area contributed by atoms with Gasteiger partial charge in [-0.1, -0.05) is 42.4 Å². The Morgan fingerprint density at radius 2 is 1.88 bits per heavy atom. The van der Waals surface area contributed by atoms with Crippen molar-refractivity contribution >= 4 is 34.7 Å². The van der Waals surface area contributed by atoms with E-state index in [1.54, 1.807) is 18.3 Å². The fraction of sp³-hybridized carbons (Fsp3) is 0.269. The molecule has 0 bridgehead atoms. The number of halogens is 1. The highest BCUT2D eigenvalue weighted by Crippen LogP contribution is 2.29. The van der Waals surface area contributed by atoms with Gasteiger partial charge in [0.2, 0.25) is 5.95 Å². The maximum absolute atomic E-state index is 12.9. The number of aromatic nitrogens is 2. The number of nitrogens with one attached hydrogen (secondary N) is 1. The minimum absolute atomic E-state index is 0.0381. The highest BCUT2D eigenvalue weighted by atomic mass is 35.5. The van der Waals surface area contributed by atoms with Gasteiger partial charge in [-0.3, -0.25) is 4.79 Å². The van der Waals surface area contributed by atoms with Crippen LogP contribution >= 0.6 is 11.6 Å². The van der Waals surface area contributed by atoms with Crippen molar-refractivity contribution < 1.29 is 4.79 Å². The summed E-state index contributed by atoms with van der Waals surface area (Å²) in [5, 5.41) is 3.87. The van der Waals surface area contributed by atoms with Crippen LogP contribution in [-0.4, -0.2) is 39.9 Å². The number of hydrogen-bond acceptors (Lipinski definition) is 5. The molecule has 0 spiro atoms. The number of rotatable bonds is 5. The van der Waals surface area contributed by atoms with Crippen molar-refractivity contribution in [1.82, 2.24) is 14.9 Å². The Labute approximate surface area is 199 Å². The van der Waals surface area contributed by atoms with Crippen molar-refractivity contribution in [2.75, 3.05) is 24.1 Å². The maximum Gasteiger partial charge on any atom is 0.253 e. The number of piperidine rings is 1. The zero-order valence-corrected chi connectivity index (χ0v) is 19.7. The summed E-state index contributed by atoms with van der Waals surface area (Å²) in [4.78, 5) is 23.8. The monoisotopic (exact) mass is 461 g/mol. The number of nitrogens with zero attached hydrogens (tertiary/aromatic N) is 3. The number of carbonyl (C=O) groups excluding carboxylic acids is 1. The molecular formula is C26H28ClN5O. The molecule has 3 aromatic rings. The quantitative estimate of drug-likeness (QED) is 0.516. The first-order valence-electron chi connectivity index (χ1n) is 11.0. The van der Waals surface area contributed by atoms with Crippen molar-refractivity contribution in [1.29, 1.82) is 0 Å². The van der Waals surface area contributed by atoms with E-state index in [1.165, 1.54) is 0 Å². The van der Waals surface area contributed by atoms with E-state index in [2.05, 4.69) is 21.9 Å². The van der Waals surface area contributed by atoms with E-state index >= 15 is 0 Å². The van der Waals surface area contributed by atoms with E-state index < -0.39 is 0 Å². The smallest absolute Gasteiger partial charge is 0.253 e. The Morgan fingerprint density at radius 1 is 1.15 bits per heavy atom. The Kier molecular flexibility index (Phi) is 6.65. The van der Waals surface area contributed by atoms with Gasteiger partial charge >= 0.3 is 0 Å². The second-order valence-corrected chi connectivity index (χ2v) is 8.87. The fourth-order valence-electron chi connectivity index (χ4n) is 4.09. The Balaban J connectivity index is 1.41. The summed E-state index contributed by atoms with van der Waals surface area (Å²) >= 11 is 6.40. The molecule has 0 saturated carbocycles. The lowest BCUT2D eigenvalue weighted by molar-refractivity contribution is 0.0718. The van der Waals surface area contributed by atoms with Crippen LogP contribution in [0.4, 0.5) is 11.6 Å². The van der Waals surface area contributed by atoms with Gasteiger partial charge in [0, 0.05) is 36.0 Å². The molecule has 3 N–H and O–H groups in total. The summed E-state index contributed by atoms with van der Waals surface area (Å²) in [5.74, 6) is 0.555. The number of likely N-dealkylation sites (tertiary alicyclic amines) is 1. The van der Waals surface area contributed by atoms with Gasteiger partial charge in [-0.05, 0) is 61.6 Å². The summed E-state index contributed by atoms with van der Waals surface area (Å²) in [6, 6.07) is 13.6. The molecule has 4 rings (SSSR count). The van der Waals surface area contributed by atoms with Crippen molar-refractivity contribution in [2.45, 2.75) is 32.7 Å². The molecule has 6 nitrogen and oxygen atoms in total. The van der Waals surface area contributed by atoms with E-state index in [0.29, 0.717) is 41.0 Å². The highest BCUT2D eigenvalue weighted by Gasteiger charge is 2.24. The van der Waals surface area contributed by atoms with E-state index in [4.69, 9.17) is 17.3 Å². The molecule has 33 heavy (non-hydrogen) atoms. The van der Waals surface area contributed by atoms with Crippen LogP contribution in [0.25, 0.3) is 5.57 Å². The Bertz CT molecular complexity index is 1200. The molecule has 1 aliphatic rings. The Hall–Kier alpha value is -3.38. The summed E-state index contributed by atoms with van der Waals surface area (Å²) in [5.41, 5.74) is 11.7. The molecule has 7 heteroatoms. The molecule has 1 aromatic heterocycles. The predicted octanol–water partition coefficient (Wildman–Crippen LogP) is 5.11. The third-order valence-corrected chi connectivity index (χ3v) is 6.41. The number of amides is 1. The first kappa shape index (κ1) is 22.8. The molecule has 0 aliphatic carbocycles. The van der Waals surface area contributed by atoms with E-state index in [-0.39, 0.29) is 11.9 Å².